The zero-order valence-corrected chi connectivity index (χ0v) is 13.5. The molecular formula is C16H21Cl2NO. The molecule has 0 amide bonds. The average Bonchev–Trinajstić information content (AvgIpc) is 3.21. The molecule has 20 heavy (non-hydrogen) atoms. The van der Waals surface area contributed by atoms with Crippen LogP contribution in [0.25, 0.3) is 0 Å². The van der Waals surface area contributed by atoms with Crippen LogP contribution in [0.3, 0.4) is 0 Å². The van der Waals surface area contributed by atoms with E-state index in [-0.39, 0.29) is 5.78 Å². The summed E-state index contributed by atoms with van der Waals surface area (Å²) in [6, 6.07) is 5.69. The van der Waals surface area contributed by atoms with E-state index in [2.05, 4.69) is 18.7 Å². The highest BCUT2D eigenvalue weighted by molar-refractivity contribution is 6.43. The Morgan fingerprint density at radius 1 is 1.35 bits per heavy atom. The number of carbonyl (C=O) groups is 1. The first-order valence-corrected chi connectivity index (χ1v) is 7.96. The summed E-state index contributed by atoms with van der Waals surface area (Å²) >= 11 is 12.0. The molecule has 0 spiro atoms. The van der Waals surface area contributed by atoms with Crippen molar-refractivity contribution < 1.29 is 4.79 Å². The summed E-state index contributed by atoms with van der Waals surface area (Å²) in [7, 11) is 0. The van der Waals surface area contributed by atoms with Gasteiger partial charge in [-0.2, -0.15) is 0 Å². The third-order valence-electron chi connectivity index (χ3n) is 3.80. The minimum atomic E-state index is 0.0685. The first-order valence-electron chi connectivity index (χ1n) is 7.20. The fourth-order valence-electron chi connectivity index (χ4n) is 2.29. The predicted molar refractivity (Wildman–Crippen MR) is 84.8 cm³/mol. The summed E-state index contributed by atoms with van der Waals surface area (Å²) in [4.78, 5) is 14.7. The SMILES string of the molecule is CC(C)N(CCC(=O)c1cccc(Cl)c1Cl)CC1CC1. The summed E-state index contributed by atoms with van der Waals surface area (Å²) in [6.45, 7) is 6.25. The van der Waals surface area contributed by atoms with Crippen molar-refractivity contribution in [3.63, 3.8) is 0 Å². The number of carbonyl (C=O) groups excluding carboxylic acids is 1. The molecule has 110 valence electrons. The van der Waals surface area contributed by atoms with Crippen molar-refractivity contribution in [2.24, 2.45) is 5.92 Å². The zero-order chi connectivity index (χ0) is 14.7. The zero-order valence-electron chi connectivity index (χ0n) is 12.0. The van der Waals surface area contributed by atoms with Gasteiger partial charge in [-0.05, 0) is 44.7 Å². The first-order chi connectivity index (χ1) is 9.49. The number of hydrogen-bond acceptors (Lipinski definition) is 2. The topological polar surface area (TPSA) is 20.3 Å². The van der Waals surface area contributed by atoms with E-state index in [0.29, 0.717) is 28.1 Å². The summed E-state index contributed by atoms with van der Waals surface area (Å²) in [5, 5.41) is 0.814. The molecule has 1 aromatic rings. The Labute approximate surface area is 131 Å². The van der Waals surface area contributed by atoms with E-state index < -0.39 is 0 Å². The Bertz CT molecular complexity index is 483. The largest absolute Gasteiger partial charge is 0.300 e. The molecule has 1 fully saturated rings. The van der Waals surface area contributed by atoms with E-state index in [1.807, 2.05) is 0 Å². The molecule has 1 aliphatic rings. The summed E-state index contributed by atoms with van der Waals surface area (Å²) in [5.41, 5.74) is 0.536. The molecule has 0 unspecified atom stereocenters. The number of ketones is 1. The van der Waals surface area contributed by atoms with Crippen molar-refractivity contribution in [3.8, 4) is 0 Å². The van der Waals surface area contributed by atoms with E-state index >= 15 is 0 Å². The maximum Gasteiger partial charge on any atom is 0.165 e. The van der Waals surface area contributed by atoms with Crippen molar-refractivity contribution in [1.29, 1.82) is 0 Å². The molecule has 0 bridgehead atoms. The lowest BCUT2D eigenvalue weighted by Crippen LogP contribution is -2.34. The lowest BCUT2D eigenvalue weighted by Gasteiger charge is -2.26. The van der Waals surface area contributed by atoms with Crippen LogP contribution >= 0.6 is 23.2 Å². The molecule has 1 saturated carbocycles. The number of Topliss-reactive ketones (excluding diaryl/α,β-unsaturated/α-hetero) is 1. The number of rotatable bonds is 7. The molecule has 0 radical (unpaired) electrons. The van der Waals surface area contributed by atoms with E-state index in [1.54, 1.807) is 18.2 Å². The second-order valence-corrected chi connectivity index (χ2v) is 6.59. The Balaban J connectivity index is 1.94. The quantitative estimate of drug-likeness (QED) is 0.681. The maximum atomic E-state index is 12.3. The van der Waals surface area contributed by atoms with Crippen molar-refractivity contribution >= 4 is 29.0 Å². The molecule has 2 rings (SSSR count). The lowest BCUT2D eigenvalue weighted by atomic mass is 10.1. The Morgan fingerprint density at radius 3 is 2.65 bits per heavy atom. The van der Waals surface area contributed by atoms with Crippen LogP contribution in [-0.4, -0.2) is 29.8 Å². The van der Waals surface area contributed by atoms with Crippen LogP contribution in [0.15, 0.2) is 18.2 Å². The van der Waals surface area contributed by atoms with Gasteiger partial charge in [0.25, 0.3) is 0 Å². The molecule has 0 heterocycles. The number of hydrogen-bond donors (Lipinski definition) is 0. The van der Waals surface area contributed by atoms with Gasteiger partial charge in [0.15, 0.2) is 5.78 Å². The van der Waals surface area contributed by atoms with Gasteiger partial charge >= 0.3 is 0 Å². The van der Waals surface area contributed by atoms with Crippen LogP contribution in [0, 0.1) is 5.92 Å². The van der Waals surface area contributed by atoms with E-state index in [0.717, 1.165) is 19.0 Å². The fourth-order valence-corrected chi connectivity index (χ4v) is 2.70. The van der Waals surface area contributed by atoms with Gasteiger partial charge in [-0.1, -0.05) is 29.3 Å². The molecule has 1 aromatic carbocycles. The molecular weight excluding hydrogens is 293 g/mol. The van der Waals surface area contributed by atoms with Gasteiger partial charge in [-0.3, -0.25) is 4.79 Å². The van der Waals surface area contributed by atoms with Crippen LogP contribution in [0.1, 0.15) is 43.5 Å². The minimum absolute atomic E-state index is 0.0685. The van der Waals surface area contributed by atoms with E-state index in [9.17, 15) is 4.79 Å². The first kappa shape index (κ1) is 15.8. The lowest BCUT2D eigenvalue weighted by molar-refractivity contribution is 0.0954. The molecule has 0 saturated heterocycles. The van der Waals surface area contributed by atoms with Crippen LogP contribution in [0.4, 0.5) is 0 Å². The van der Waals surface area contributed by atoms with Gasteiger partial charge in [-0.15, -0.1) is 0 Å². The van der Waals surface area contributed by atoms with Gasteiger partial charge in [0.05, 0.1) is 10.0 Å². The summed E-state index contributed by atoms with van der Waals surface area (Å²) in [5.74, 6) is 0.904. The highest BCUT2D eigenvalue weighted by atomic mass is 35.5. The van der Waals surface area contributed by atoms with Crippen molar-refractivity contribution in [3.05, 3.63) is 33.8 Å². The fraction of sp³-hybridized carbons (Fsp3) is 0.562. The second-order valence-electron chi connectivity index (χ2n) is 5.81. The average molecular weight is 314 g/mol. The van der Waals surface area contributed by atoms with Crippen molar-refractivity contribution in [1.82, 2.24) is 4.90 Å². The van der Waals surface area contributed by atoms with Gasteiger partial charge in [0, 0.05) is 31.1 Å². The van der Waals surface area contributed by atoms with E-state index in [1.165, 1.54) is 12.8 Å². The molecule has 0 N–H and O–H groups in total. The Kier molecular flexibility index (Phi) is 5.48. The van der Waals surface area contributed by atoms with Crippen LogP contribution in [0.2, 0.25) is 10.0 Å². The van der Waals surface area contributed by atoms with Crippen molar-refractivity contribution in [2.45, 2.75) is 39.2 Å². The molecule has 2 nitrogen and oxygen atoms in total. The monoisotopic (exact) mass is 313 g/mol. The molecule has 0 aromatic heterocycles. The highest BCUT2D eigenvalue weighted by Gasteiger charge is 2.25. The van der Waals surface area contributed by atoms with Crippen LogP contribution in [0.5, 0.6) is 0 Å². The number of nitrogens with zero attached hydrogens (tertiary/aromatic N) is 1. The third kappa shape index (κ3) is 4.21. The van der Waals surface area contributed by atoms with Gasteiger partial charge < -0.3 is 4.90 Å². The van der Waals surface area contributed by atoms with Gasteiger partial charge in [-0.25, -0.2) is 0 Å². The molecule has 4 heteroatoms. The molecule has 0 atom stereocenters. The summed E-state index contributed by atoms with van der Waals surface area (Å²) < 4.78 is 0. The smallest absolute Gasteiger partial charge is 0.165 e. The minimum Gasteiger partial charge on any atom is -0.300 e. The van der Waals surface area contributed by atoms with Gasteiger partial charge in [0.2, 0.25) is 0 Å². The van der Waals surface area contributed by atoms with Crippen LogP contribution in [-0.2, 0) is 0 Å². The predicted octanol–water partition coefficient (Wildman–Crippen LogP) is 4.69. The number of halogens is 2. The Hall–Kier alpha value is -0.570. The third-order valence-corrected chi connectivity index (χ3v) is 4.62. The highest BCUT2D eigenvalue weighted by Crippen LogP contribution is 2.30. The second kappa shape index (κ2) is 6.93. The summed E-state index contributed by atoms with van der Waals surface area (Å²) in [6.07, 6.45) is 3.15. The van der Waals surface area contributed by atoms with Crippen LogP contribution < -0.4 is 0 Å². The van der Waals surface area contributed by atoms with Crippen molar-refractivity contribution in [2.75, 3.05) is 13.1 Å². The maximum absolute atomic E-state index is 12.3. The number of benzene rings is 1. The van der Waals surface area contributed by atoms with Gasteiger partial charge in [0.1, 0.15) is 0 Å². The standard InChI is InChI=1S/C16H21Cl2NO/c1-11(2)19(10-12-6-7-12)9-8-15(20)13-4-3-5-14(17)16(13)18/h3-5,11-12H,6-10H2,1-2H3. The Morgan fingerprint density at radius 2 is 2.05 bits per heavy atom. The van der Waals surface area contributed by atoms with E-state index in [4.69, 9.17) is 23.2 Å². The molecule has 0 aliphatic heterocycles. The normalized spacial score (nSPS) is 15.1. The molecule has 1 aliphatic carbocycles.